The lowest BCUT2D eigenvalue weighted by Gasteiger charge is -2.39. The topological polar surface area (TPSA) is 45.3 Å². The van der Waals surface area contributed by atoms with Crippen LogP contribution in [0.15, 0.2) is 24.3 Å². The number of carbonyl (C=O) groups is 1. The van der Waals surface area contributed by atoms with Gasteiger partial charge in [-0.25, -0.2) is 0 Å². The SMILES string of the molecule is COc1cccc(OC2CN(C(=O)CN3CC[C@@H](N(C)C)C3)C2)c1. The summed E-state index contributed by atoms with van der Waals surface area (Å²) in [6.07, 6.45) is 1.22. The molecule has 6 nitrogen and oxygen atoms in total. The standard InChI is InChI=1S/C18H27N3O3/c1-19(2)14-7-8-20(10-14)13-18(22)21-11-17(12-21)24-16-6-4-5-15(9-16)23-3/h4-6,9,14,17H,7-8,10-13H2,1-3H3/t14-/m1/s1. The van der Waals surface area contributed by atoms with Gasteiger partial charge in [0.15, 0.2) is 0 Å². The molecule has 1 atom stereocenters. The van der Waals surface area contributed by atoms with E-state index in [1.54, 1.807) is 7.11 Å². The molecule has 0 spiro atoms. The maximum Gasteiger partial charge on any atom is 0.237 e. The number of hydrogen-bond acceptors (Lipinski definition) is 5. The number of benzene rings is 1. The average Bonchev–Trinajstić information content (AvgIpc) is 2.99. The van der Waals surface area contributed by atoms with Gasteiger partial charge in [-0.05, 0) is 32.6 Å². The minimum Gasteiger partial charge on any atom is -0.497 e. The fourth-order valence-corrected chi connectivity index (χ4v) is 3.25. The highest BCUT2D eigenvalue weighted by Crippen LogP contribution is 2.23. The number of likely N-dealkylation sites (tertiary alicyclic amines) is 2. The van der Waals surface area contributed by atoms with Crippen LogP contribution in [0.4, 0.5) is 0 Å². The predicted octanol–water partition coefficient (Wildman–Crippen LogP) is 0.921. The Morgan fingerprint density at radius 3 is 2.67 bits per heavy atom. The van der Waals surface area contributed by atoms with Crippen LogP contribution in [-0.2, 0) is 4.79 Å². The normalized spacial score (nSPS) is 21.8. The molecule has 1 amide bonds. The monoisotopic (exact) mass is 333 g/mol. The molecule has 3 rings (SSSR count). The largest absolute Gasteiger partial charge is 0.497 e. The summed E-state index contributed by atoms with van der Waals surface area (Å²) in [6, 6.07) is 8.15. The maximum atomic E-state index is 12.4. The van der Waals surface area contributed by atoms with Crippen molar-refractivity contribution in [2.45, 2.75) is 18.6 Å². The van der Waals surface area contributed by atoms with Crippen molar-refractivity contribution >= 4 is 5.91 Å². The summed E-state index contributed by atoms with van der Waals surface area (Å²) in [5.74, 6) is 1.78. The number of nitrogens with zero attached hydrogens (tertiary/aromatic N) is 3. The molecule has 24 heavy (non-hydrogen) atoms. The van der Waals surface area contributed by atoms with E-state index in [4.69, 9.17) is 9.47 Å². The van der Waals surface area contributed by atoms with Crippen molar-refractivity contribution in [3.8, 4) is 11.5 Å². The lowest BCUT2D eigenvalue weighted by atomic mass is 10.1. The van der Waals surface area contributed by atoms with E-state index in [0.29, 0.717) is 25.7 Å². The van der Waals surface area contributed by atoms with Gasteiger partial charge in [0, 0.05) is 25.2 Å². The van der Waals surface area contributed by atoms with E-state index >= 15 is 0 Å². The summed E-state index contributed by atoms with van der Waals surface area (Å²) in [5.41, 5.74) is 0. The highest BCUT2D eigenvalue weighted by molar-refractivity contribution is 5.79. The fraction of sp³-hybridized carbons (Fsp3) is 0.611. The first-order chi connectivity index (χ1) is 11.5. The highest BCUT2D eigenvalue weighted by atomic mass is 16.5. The Hall–Kier alpha value is -1.79. The predicted molar refractivity (Wildman–Crippen MR) is 92.5 cm³/mol. The molecule has 6 heteroatoms. The van der Waals surface area contributed by atoms with Crippen LogP contribution in [0.5, 0.6) is 11.5 Å². The van der Waals surface area contributed by atoms with Gasteiger partial charge in [0.1, 0.15) is 17.6 Å². The number of likely N-dealkylation sites (N-methyl/N-ethyl adjacent to an activating group) is 1. The molecule has 2 fully saturated rings. The summed E-state index contributed by atoms with van der Waals surface area (Å²) < 4.78 is 11.1. The van der Waals surface area contributed by atoms with Crippen molar-refractivity contribution in [1.29, 1.82) is 0 Å². The van der Waals surface area contributed by atoms with Crippen LogP contribution >= 0.6 is 0 Å². The van der Waals surface area contributed by atoms with Crippen LogP contribution in [0.2, 0.25) is 0 Å². The molecule has 132 valence electrons. The minimum absolute atomic E-state index is 0.0779. The first-order valence-electron chi connectivity index (χ1n) is 8.52. The lowest BCUT2D eigenvalue weighted by Crippen LogP contribution is -2.58. The number of rotatable bonds is 6. The van der Waals surface area contributed by atoms with Crippen LogP contribution in [0, 0.1) is 0 Å². The molecule has 0 N–H and O–H groups in total. The lowest BCUT2D eigenvalue weighted by molar-refractivity contribution is -0.141. The third-order valence-corrected chi connectivity index (χ3v) is 4.88. The van der Waals surface area contributed by atoms with Crippen molar-refractivity contribution in [1.82, 2.24) is 14.7 Å². The van der Waals surface area contributed by atoms with Gasteiger partial charge < -0.3 is 19.3 Å². The van der Waals surface area contributed by atoms with Gasteiger partial charge in [-0.2, -0.15) is 0 Å². The summed E-state index contributed by atoms with van der Waals surface area (Å²) in [5, 5.41) is 0. The molecule has 1 aromatic rings. The quantitative estimate of drug-likeness (QED) is 0.775. The van der Waals surface area contributed by atoms with E-state index in [0.717, 1.165) is 31.0 Å². The Labute approximate surface area is 143 Å². The Bertz CT molecular complexity index is 572. The van der Waals surface area contributed by atoms with E-state index in [2.05, 4.69) is 23.9 Å². The van der Waals surface area contributed by atoms with Crippen LogP contribution in [-0.4, -0.2) is 86.7 Å². The van der Waals surface area contributed by atoms with Gasteiger partial charge in [-0.1, -0.05) is 6.07 Å². The molecule has 0 bridgehead atoms. The Morgan fingerprint density at radius 2 is 2.00 bits per heavy atom. The van der Waals surface area contributed by atoms with Gasteiger partial charge >= 0.3 is 0 Å². The van der Waals surface area contributed by atoms with E-state index in [9.17, 15) is 4.79 Å². The van der Waals surface area contributed by atoms with Crippen molar-refractivity contribution < 1.29 is 14.3 Å². The van der Waals surface area contributed by atoms with Gasteiger partial charge in [-0.15, -0.1) is 0 Å². The molecular formula is C18H27N3O3. The van der Waals surface area contributed by atoms with Crippen molar-refractivity contribution in [2.24, 2.45) is 0 Å². The Morgan fingerprint density at radius 1 is 1.25 bits per heavy atom. The van der Waals surface area contributed by atoms with Gasteiger partial charge in [-0.3, -0.25) is 9.69 Å². The third kappa shape index (κ3) is 3.99. The molecule has 0 aliphatic carbocycles. The van der Waals surface area contributed by atoms with E-state index in [1.807, 2.05) is 29.2 Å². The maximum absolute atomic E-state index is 12.4. The second kappa shape index (κ2) is 7.40. The molecule has 2 saturated heterocycles. The van der Waals surface area contributed by atoms with Gasteiger partial charge in [0.05, 0.1) is 26.7 Å². The molecule has 0 aromatic heterocycles. The molecule has 2 heterocycles. The molecule has 0 saturated carbocycles. The zero-order chi connectivity index (χ0) is 17.1. The highest BCUT2D eigenvalue weighted by Gasteiger charge is 2.34. The Kier molecular flexibility index (Phi) is 5.26. The zero-order valence-corrected chi connectivity index (χ0v) is 14.8. The van der Waals surface area contributed by atoms with Crippen LogP contribution in [0.3, 0.4) is 0 Å². The summed E-state index contributed by atoms with van der Waals surface area (Å²) >= 11 is 0. The number of carbonyl (C=O) groups excluding carboxylic acids is 1. The first kappa shape index (κ1) is 17.0. The minimum atomic E-state index is 0.0779. The average molecular weight is 333 g/mol. The number of amides is 1. The third-order valence-electron chi connectivity index (χ3n) is 4.88. The van der Waals surface area contributed by atoms with Gasteiger partial charge in [0.25, 0.3) is 0 Å². The fourth-order valence-electron chi connectivity index (χ4n) is 3.25. The number of hydrogen-bond donors (Lipinski definition) is 0. The van der Waals surface area contributed by atoms with E-state index < -0.39 is 0 Å². The van der Waals surface area contributed by atoms with E-state index in [-0.39, 0.29) is 12.0 Å². The zero-order valence-electron chi connectivity index (χ0n) is 14.8. The van der Waals surface area contributed by atoms with Crippen LogP contribution in [0.25, 0.3) is 0 Å². The van der Waals surface area contributed by atoms with Crippen LogP contribution in [0.1, 0.15) is 6.42 Å². The second-order valence-corrected chi connectivity index (χ2v) is 6.86. The van der Waals surface area contributed by atoms with Gasteiger partial charge in [0.2, 0.25) is 5.91 Å². The first-order valence-corrected chi connectivity index (χ1v) is 8.52. The van der Waals surface area contributed by atoms with Crippen LogP contribution < -0.4 is 9.47 Å². The molecule has 0 unspecified atom stereocenters. The van der Waals surface area contributed by atoms with E-state index in [1.165, 1.54) is 0 Å². The summed E-state index contributed by atoms with van der Waals surface area (Å²) in [7, 11) is 5.85. The molecular weight excluding hydrogens is 306 g/mol. The summed E-state index contributed by atoms with van der Waals surface area (Å²) in [6.45, 7) is 3.85. The Balaban J connectivity index is 1.40. The van der Waals surface area contributed by atoms with Crippen molar-refractivity contribution in [3.63, 3.8) is 0 Å². The molecule has 2 aliphatic rings. The van der Waals surface area contributed by atoms with Crippen molar-refractivity contribution in [2.75, 3.05) is 53.9 Å². The second-order valence-electron chi connectivity index (χ2n) is 6.86. The van der Waals surface area contributed by atoms with Crippen molar-refractivity contribution in [3.05, 3.63) is 24.3 Å². The molecule has 2 aliphatic heterocycles. The molecule has 0 radical (unpaired) electrons. The summed E-state index contributed by atoms with van der Waals surface area (Å²) in [4.78, 5) is 18.7. The number of ether oxygens (including phenoxy) is 2. The number of methoxy groups -OCH3 is 1. The smallest absolute Gasteiger partial charge is 0.237 e. The molecule has 1 aromatic carbocycles.